The van der Waals surface area contributed by atoms with Crippen LogP contribution in [-0.2, 0) is 0 Å². The molecule has 6 heteroatoms. The van der Waals surface area contributed by atoms with E-state index in [4.69, 9.17) is 16.1 Å². The summed E-state index contributed by atoms with van der Waals surface area (Å²) in [5.41, 5.74) is 0.757. The standard InChI is InChI=1S/C17H19ClN2O3/c1-20(10-11-4-2-3-5-11)16-14(17(21)22)15(23-19-16)12-6-8-13(18)9-7-12/h6-9,11H,2-5,10H2,1H3,(H,21,22). The first-order valence-electron chi connectivity index (χ1n) is 7.76. The Balaban J connectivity index is 1.91. The number of hydrogen-bond acceptors (Lipinski definition) is 4. The Hall–Kier alpha value is -2.01. The van der Waals surface area contributed by atoms with E-state index in [9.17, 15) is 9.90 Å². The number of carboxylic acid groups (broad SMARTS) is 1. The molecule has 1 saturated carbocycles. The second kappa shape index (κ2) is 6.62. The SMILES string of the molecule is CN(CC1CCCC1)c1noc(-c2ccc(Cl)cc2)c1C(=O)O. The number of rotatable bonds is 5. The van der Waals surface area contributed by atoms with Gasteiger partial charge in [0.25, 0.3) is 0 Å². The van der Waals surface area contributed by atoms with Gasteiger partial charge in [-0.15, -0.1) is 0 Å². The summed E-state index contributed by atoms with van der Waals surface area (Å²) < 4.78 is 5.35. The number of carbonyl (C=O) groups is 1. The molecule has 1 aliphatic carbocycles. The molecule has 0 unspecified atom stereocenters. The molecule has 1 fully saturated rings. The molecule has 1 heterocycles. The molecule has 23 heavy (non-hydrogen) atoms. The highest BCUT2D eigenvalue weighted by Gasteiger charge is 2.27. The van der Waals surface area contributed by atoms with Crippen molar-refractivity contribution in [3.63, 3.8) is 0 Å². The van der Waals surface area contributed by atoms with Crippen LogP contribution in [0.1, 0.15) is 36.0 Å². The molecule has 1 aliphatic rings. The van der Waals surface area contributed by atoms with Crippen LogP contribution in [-0.4, -0.2) is 29.8 Å². The summed E-state index contributed by atoms with van der Waals surface area (Å²) >= 11 is 5.88. The predicted molar refractivity (Wildman–Crippen MR) is 89.1 cm³/mol. The summed E-state index contributed by atoms with van der Waals surface area (Å²) in [4.78, 5) is 13.6. The molecule has 0 atom stereocenters. The van der Waals surface area contributed by atoms with Gasteiger partial charge >= 0.3 is 5.97 Å². The highest BCUT2D eigenvalue weighted by Crippen LogP contribution is 2.33. The monoisotopic (exact) mass is 334 g/mol. The second-order valence-corrected chi connectivity index (χ2v) is 6.49. The van der Waals surface area contributed by atoms with E-state index in [0.29, 0.717) is 22.3 Å². The summed E-state index contributed by atoms with van der Waals surface area (Å²) in [6.45, 7) is 0.798. The summed E-state index contributed by atoms with van der Waals surface area (Å²) in [5, 5.41) is 14.2. The number of anilines is 1. The van der Waals surface area contributed by atoms with Crippen molar-refractivity contribution in [1.29, 1.82) is 0 Å². The van der Waals surface area contributed by atoms with Gasteiger partial charge in [0.1, 0.15) is 0 Å². The molecule has 2 aromatic rings. The van der Waals surface area contributed by atoms with Gasteiger partial charge in [0, 0.05) is 24.2 Å². The Morgan fingerprint density at radius 1 is 1.35 bits per heavy atom. The molecule has 0 bridgehead atoms. The fourth-order valence-corrected chi connectivity index (χ4v) is 3.33. The minimum Gasteiger partial charge on any atom is -0.477 e. The molecule has 0 radical (unpaired) electrons. The van der Waals surface area contributed by atoms with Crippen molar-refractivity contribution in [2.24, 2.45) is 5.92 Å². The van der Waals surface area contributed by atoms with Gasteiger partial charge in [0.15, 0.2) is 17.1 Å². The molecule has 1 aromatic heterocycles. The number of aromatic nitrogens is 1. The highest BCUT2D eigenvalue weighted by molar-refractivity contribution is 6.30. The summed E-state index contributed by atoms with van der Waals surface area (Å²) in [7, 11) is 1.87. The Labute approximate surface area is 139 Å². The van der Waals surface area contributed by atoms with E-state index in [1.807, 2.05) is 11.9 Å². The van der Waals surface area contributed by atoms with Gasteiger partial charge in [-0.2, -0.15) is 0 Å². The largest absolute Gasteiger partial charge is 0.477 e. The normalized spacial score (nSPS) is 15.0. The maximum atomic E-state index is 11.7. The van der Waals surface area contributed by atoms with Gasteiger partial charge in [-0.3, -0.25) is 0 Å². The van der Waals surface area contributed by atoms with Gasteiger partial charge in [0.05, 0.1) is 0 Å². The minimum atomic E-state index is -1.04. The molecular formula is C17H19ClN2O3. The van der Waals surface area contributed by atoms with Crippen molar-refractivity contribution < 1.29 is 14.4 Å². The number of aromatic carboxylic acids is 1. The molecule has 5 nitrogen and oxygen atoms in total. The van der Waals surface area contributed by atoms with Crippen LogP contribution in [0.2, 0.25) is 5.02 Å². The Kier molecular flexibility index (Phi) is 4.57. The maximum Gasteiger partial charge on any atom is 0.343 e. The Morgan fingerprint density at radius 2 is 2.00 bits per heavy atom. The fourth-order valence-electron chi connectivity index (χ4n) is 3.20. The lowest BCUT2D eigenvalue weighted by molar-refractivity contribution is 0.0698. The summed E-state index contributed by atoms with van der Waals surface area (Å²) in [5.74, 6) is 0.207. The third kappa shape index (κ3) is 3.34. The van der Waals surface area contributed by atoms with Crippen molar-refractivity contribution >= 4 is 23.4 Å². The minimum absolute atomic E-state index is 0.104. The Bertz CT molecular complexity index is 690. The zero-order chi connectivity index (χ0) is 16.4. The number of halogens is 1. The molecular weight excluding hydrogens is 316 g/mol. The predicted octanol–water partition coefficient (Wildman–Crippen LogP) is 4.32. The van der Waals surface area contributed by atoms with Gasteiger partial charge in [0.2, 0.25) is 0 Å². The molecule has 0 spiro atoms. The van der Waals surface area contributed by atoms with Gasteiger partial charge in [-0.05, 0) is 43.0 Å². The summed E-state index contributed by atoms with van der Waals surface area (Å²) in [6.07, 6.45) is 4.88. The first-order chi connectivity index (χ1) is 11.1. The van der Waals surface area contributed by atoms with Crippen LogP contribution < -0.4 is 4.90 Å². The quantitative estimate of drug-likeness (QED) is 0.882. The van der Waals surface area contributed by atoms with E-state index >= 15 is 0 Å². The lowest BCUT2D eigenvalue weighted by Crippen LogP contribution is -2.25. The molecule has 0 saturated heterocycles. The van der Waals surface area contributed by atoms with Crippen LogP contribution in [0.25, 0.3) is 11.3 Å². The van der Waals surface area contributed by atoms with Gasteiger partial charge in [-0.1, -0.05) is 29.6 Å². The van der Waals surface area contributed by atoms with Crippen LogP contribution in [0.4, 0.5) is 5.82 Å². The smallest absolute Gasteiger partial charge is 0.343 e. The van der Waals surface area contributed by atoms with E-state index in [2.05, 4.69) is 5.16 Å². The first-order valence-corrected chi connectivity index (χ1v) is 8.14. The topological polar surface area (TPSA) is 66.6 Å². The van der Waals surface area contributed by atoms with E-state index in [1.165, 1.54) is 25.7 Å². The van der Waals surface area contributed by atoms with Gasteiger partial charge in [-0.25, -0.2) is 4.79 Å². The number of carboxylic acids is 1. The highest BCUT2D eigenvalue weighted by atomic mass is 35.5. The fraction of sp³-hybridized carbons (Fsp3) is 0.412. The van der Waals surface area contributed by atoms with Crippen LogP contribution in [0.15, 0.2) is 28.8 Å². The zero-order valence-corrected chi connectivity index (χ0v) is 13.7. The molecule has 122 valence electrons. The van der Waals surface area contributed by atoms with E-state index < -0.39 is 5.97 Å². The molecule has 1 N–H and O–H groups in total. The average molecular weight is 335 g/mol. The van der Waals surface area contributed by atoms with Crippen molar-refractivity contribution in [2.75, 3.05) is 18.5 Å². The Morgan fingerprint density at radius 3 is 2.61 bits per heavy atom. The van der Waals surface area contributed by atoms with Crippen LogP contribution in [0.3, 0.4) is 0 Å². The van der Waals surface area contributed by atoms with Crippen LogP contribution >= 0.6 is 11.6 Å². The number of nitrogens with zero attached hydrogens (tertiary/aromatic N) is 2. The molecule has 0 amide bonds. The van der Waals surface area contributed by atoms with Crippen LogP contribution in [0, 0.1) is 5.92 Å². The van der Waals surface area contributed by atoms with Gasteiger partial charge < -0.3 is 14.5 Å². The van der Waals surface area contributed by atoms with Crippen LogP contribution in [0.5, 0.6) is 0 Å². The molecule has 1 aromatic carbocycles. The lowest BCUT2D eigenvalue weighted by atomic mass is 10.1. The zero-order valence-electron chi connectivity index (χ0n) is 13.0. The number of benzene rings is 1. The van der Waals surface area contributed by atoms with Crippen molar-refractivity contribution in [1.82, 2.24) is 5.16 Å². The third-order valence-electron chi connectivity index (χ3n) is 4.36. The van der Waals surface area contributed by atoms with E-state index in [-0.39, 0.29) is 11.3 Å². The molecule has 0 aliphatic heterocycles. The second-order valence-electron chi connectivity index (χ2n) is 6.05. The first kappa shape index (κ1) is 15.9. The van der Waals surface area contributed by atoms with Crippen molar-refractivity contribution in [3.8, 4) is 11.3 Å². The van der Waals surface area contributed by atoms with E-state index in [1.54, 1.807) is 24.3 Å². The lowest BCUT2D eigenvalue weighted by Gasteiger charge is -2.20. The number of hydrogen-bond donors (Lipinski definition) is 1. The molecule has 3 rings (SSSR count). The van der Waals surface area contributed by atoms with E-state index in [0.717, 1.165) is 6.54 Å². The third-order valence-corrected chi connectivity index (χ3v) is 4.61. The van der Waals surface area contributed by atoms with Crippen molar-refractivity contribution in [3.05, 3.63) is 34.9 Å². The average Bonchev–Trinajstić information content (AvgIpc) is 3.16. The van der Waals surface area contributed by atoms with Crippen molar-refractivity contribution in [2.45, 2.75) is 25.7 Å². The summed E-state index contributed by atoms with van der Waals surface area (Å²) in [6, 6.07) is 6.87. The maximum absolute atomic E-state index is 11.7.